The van der Waals surface area contributed by atoms with Gasteiger partial charge in [0.15, 0.2) is 5.82 Å². The lowest BCUT2D eigenvalue weighted by molar-refractivity contribution is 0.147. The van der Waals surface area contributed by atoms with E-state index in [9.17, 15) is 0 Å². The second kappa shape index (κ2) is 8.66. The van der Waals surface area contributed by atoms with Gasteiger partial charge in [0.25, 0.3) is 0 Å². The van der Waals surface area contributed by atoms with Crippen LogP contribution in [-0.4, -0.2) is 43.9 Å². The predicted octanol–water partition coefficient (Wildman–Crippen LogP) is 1.47. The third-order valence-electron chi connectivity index (χ3n) is 2.21. The van der Waals surface area contributed by atoms with Crippen molar-refractivity contribution in [1.82, 2.24) is 9.97 Å². The summed E-state index contributed by atoms with van der Waals surface area (Å²) >= 11 is 0. The van der Waals surface area contributed by atoms with Gasteiger partial charge in [0.2, 0.25) is 5.88 Å². The molecule has 0 saturated carbocycles. The highest BCUT2D eigenvalue weighted by Gasteiger charge is 2.04. The largest absolute Gasteiger partial charge is 0.481 e. The number of aromatic nitrogens is 2. The summed E-state index contributed by atoms with van der Waals surface area (Å²) in [7, 11) is 3.19. The van der Waals surface area contributed by atoms with Crippen LogP contribution in [0.5, 0.6) is 5.88 Å². The van der Waals surface area contributed by atoms with E-state index >= 15 is 0 Å². The van der Waals surface area contributed by atoms with Gasteiger partial charge >= 0.3 is 0 Å². The average molecular weight is 255 g/mol. The zero-order valence-electron chi connectivity index (χ0n) is 11.2. The number of nitrogens with zero attached hydrogens (tertiary/aromatic N) is 2. The molecule has 18 heavy (non-hydrogen) atoms. The van der Waals surface area contributed by atoms with E-state index in [1.165, 1.54) is 0 Å². The van der Waals surface area contributed by atoms with E-state index in [2.05, 4.69) is 15.3 Å². The van der Waals surface area contributed by atoms with Crippen LogP contribution in [0.25, 0.3) is 0 Å². The van der Waals surface area contributed by atoms with Crippen LogP contribution in [0.3, 0.4) is 0 Å². The SMILES string of the molecule is CCOCCCNc1cc(OC)nc(COC)n1. The standard InChI is InChI=1S/C12H21N3O3/c1-4-18-7-5-6-13-10-8-12(17-3)15-11(14-10)9-16-2/h8H,4-7,9H2,1-3H3,(H,13,14,15). The van der Waals surface area contributed by atoms with Gasteiger partial charge in [-0.25, -0.2) is 4.98 Å². The molecule has 0 aromatic carbocycles. The Morgan fingerprint density at radius 3 is 2.78 bits per heavy atom. The Hall–Kier alpha value is -1.40. The molecule has 1 aromatic heterocycles. The van der Waals surface area contributed by atoms with Crippen molar-refractivity contribution in [3.05, 3.63) is 11.9 Å². The van der Waals surface area contributed by atoms with E-state index in [0.717, 1.165) is 32.0 Å². The summed E-state index contributed by atoms with van der Waals surface area (Å²) in [5, 5.41) is 3.21. The molecular weight excluding hydrogens is 234 g/mol. The quantitative estimate of drug-likeness (QED) is 0.674. The molecule has 0 aliphatic carbocycles. The Morgan fingerprint density at radius 1 is 1.28 bits per heavy atom. The molecule has 0 fully saturated rings. The lowest BCUT2D eigenvalue weighted by atomic mass is 10.4. The molecular formula is C12H21N3O3. The monoisotopic (exact) mass is 255 g/mol. The van der Waals surface area contributed by atoms with Gasteiger partial charge in [-0.05, 0) is 13.3 Å². The van der Waals surface area contributed by atoms with Crippen LogP contribution in [0.2, 0.25) is 0 Å². The lowest BCUT2D eigenvalue weighted by Gasteiger charge is -2.09. The summed E-state index contributed by atoms with van der Waals surface area (Å²) < 4.78 is 15.4. The zero-order chi connectivity index (χ0) is 13.2. The predicted molar refractivity (Wildman–Crippen MR) is 68.9 cm³/mol. The van der Waals surface area contributed by atoms with Crippen molar-refractivity contribution in [1.29, 1.82) is 0 Å². The molecule has 0 aliphatic heterocycles. The number of ether oxygens (including phenoxy) is 3. The molecule has 0 aliphatic rings. The van der Waals surface area contributed by atoms with Crippen molar-refractivity contribution in [2.45, 2.75) is 20.0 Å². The second-order valence-corrected chi connectivity index (χ2v) is 3.62. The first-order valence-corrected chi connectivity index (χ1v) is 6.02. The van der Waals surface area contributed by atoms with Gasteiger partial charge in [0, 0.05) is 32.9 Å². The molecule has 0 saturated heterocycles. The molecule has 102 valence electrons. The summed E-state index contributed by atoms with van der Waals surface area (Å²) in [5.41, 5.74) is 0. The van der Waals surface area contributed by atoms with Gasteiger partial charge in [-0.1, -0.05) is 0 Å². The molecule has 0 amide bonds. The number of rotatable bonds is 9. The van der Waals surface area contributed by atoms with Gasteiger partial charge in [-0.3, -0.25) is 0 Å². The molecule has 0 unspecified atom stereocenters. The van der Waals surface area contributed by atoms with Gasteiger partial charge in [0.1, 0.15) is 12.4 Å². The fourth-order valence-electron chi connectivity index (χ4n) is 1.40. The van der Waals surface area contributed by atoms with Crippen LogP contribution >= 0.6 is 0 Å². The Labute approximate surface area is 108 Å². The summed E-state index contributed by atoms with van der Waals surface area (Å²) in [4.78, 5) is 8.50. The van der Waals surface area contributed by atoms with Gasteiger partial charge in [0.05, 0.1) is 7.11 Å². The third kappa shape index (κ3) is 5.29. The van der Waals surface area contributed by atoms with E-state index in [0.29, 0.717) is 18.3 Å². The summed E-state index contributed by atoms with van der Waals surface area (Å²) in [6, 6.07) is 1.76. The summed E-state index contributed by atoms with van der Waals surface area (Å²) in [6.45, 7) is 4.65. The summed E-state index contributed by atoms with van der Waals surface area (Å²) in [5.74, 6) is 1.87. The Bertz CT molecular complexity index is 347. The number of hydrogen-bond acceptors (Lipinski definition) is 6. The molecule has 1 aromatic rings. The van der Waals surface area contributed by atoms with Crippen molar-refractivity contribution < 1.29 is 14.2 Å². The molecule has 6 nitrogen and oxygen atoms in total. The third-order valence-corrected chi connectivity index (χ3v) is 2.21. The highest BCUT2D eigenvalue weighted by molar-refractivity contribution is 5.38. The Balaban J connectivity index is 2.50. The van der Waals surface area contributed by atoms with E-state index < -0.39 is 0 Å². The van der Waals surface area contributed by atoms with Crippen LogP contribution in [0.4, 0.5) is 5.82 Å². The van der Waals surface area contributed by atoms with E-state index in [4.69, 9.17) is 14.2 Å². The molecule has 0 spiro atoms. The smallest absolute Gasteiger partial charge is 0.218 e. The van der Waals surface area contributed by atoms with Crippen molar-refractivity contribution in [3.8, 4) is 5.88 Å². The van der Waals surface area contributed by atoms with Crippen molar-refractivity contribution in [2.75, 3.05) is 39.3 Å². The molecule has 1 rings (SSSR count). The van der Waals surface area contributed by atoms with Crippen LogP contribution < -0.4 is 10.1 Å². The molecule has 0 bridgehead atoms. The molecule has 1 N–H and O–H groups in total. The Kier molecular flexibility index (Phi) is 7.05. The van der Waals surface area contributed by atoms with Gasteiger partial charge in [-0.15, -0.1) is 0 Å². The van der Waals surface area contributed by atoms with Gasteiger partial charge in [-0.2, -0.15) is 4.98 Å². The molecule has 6 heteroatoms. The van der Waals surface area contributed by atoms with Crippen LogP contribution in [0.1, 0.15) is 19.2 Å². The van der Waals surface area contributed by atoms with E-state index in [-0.39, 0.29) is 0 Å². The maximum Gasteiger partial charge on any atom is 0.218 e. The highest BCUT2D eigenvalue weighted by Crippen LogP contribution is 2.13. The normalized spacial score (nSPS) is 10.4. The average Bonchev–Trinajstić information content (AvgIpc) is 2.38. The molecule has 1 heterocycles. The fourth-order valence-corrected chi connectivity index (χ4v) is 1.40. The Morgan fingerprint density at radius 2 is 2.11 bits per heavy atom. The first-order chi connectivity index (χ1) is 8.80. The zero-order valence-corrected chi connectivity index (χ0v) is 11.2. The topological polar surface area (TPSA) is 65.5 Å². The number of hydrogen-bond donors (Lipinski definition) is 1. The first-order valence-electron chi connectivity index (χ1n) is 6.02. The van der Waals surface area contributed by atoms with Crippen molar-refractivity contribution >= 4 is 5.82 Å². The minimum Gasteiger partial charge on any atom is -0.481 e. The fraction of sp³-hybridized carbons (Fsp3) is 0.667. The van der Waals surface area contributed by atoms with E-state index in [1.807, 2.05) is 6.92 Å². The minimum atomic E-state index is 0.366. The van der Waals surface area contributed by atoms with Gasteiger partial charge < -0.3 is 19.5 Å². The van der Waals surface area contributed by atoms with Crippen LogP contribution in [0, 0.1) is 0 Å². The highest BCUT2D eigenvalue weighted by atomic mass is 16.5. The van der Waals surface area contributed by atoms with Crippen molar-refractivity contribution in [3.63, 3.8) is 0 Å². The number of methoxy groups -OCH3 is 2. The molecule has 0 atom stereocenters. The maximum atomic E-state index is 5.26. The minimum absolute atomic E-state index is 0.366. The maximum absolute atomic E-state index is 5.26. The van der Waals surface area contributed by atoms with E-state index in [1.54, 1.807) is 20.3 Å². The van der Waals surface area contributed by atoms with Crippen LogP contribution in [0.15, 0.2) is 6.07 Å². The number of nitrogens with one attached hydrogen (secondary N) is 1. The van der Waals surface area contributed by atoms with Crippen LogP contribution in [-0.2, 0) is 16.1 Å². The second-order valence-electron chi connectivity index (χ2n) is 3.62. The molecule has 0 radical (unpaired) electrons. The first kappa shape index (κ1) is 14.7. The number of anilines is 1. The lowest BCUT2D eigenvalue weighted by Crippen LogP contribution is -2.09. The summed E-state index contributed by atoms with van der Waals surface area (Å²) in [6.07, 6.45) is 0.930. The van der Waals surface area contributed by atoms with Crippen molar-refractivity contribution in [2.24, 2.45) is 0 Å².